The van der Waals surface area contributed by atoms with Crippen molar-refractivity contribution >= 4 is 11.9 Å². The molecule has 2 aliphatic heterocycles. The Labute approximate surface area is 288 Å². The number of amides is 1. The molecule has 0 unspecified atom stereocenters. The number of nitrogens with one attached hydrogen (secondary N) is 1. The molecule has 2 fully saturated rings. The highest BCUT2D eigenvalue weighted by molar-refractivity contribution is 5.80. The van der Waals surface area contributed by atoms with Gasteiger partial charge in [0.2, 0.25) is 5.91 Å². The van der Waals surface area contributed by atoms with Crippen molar-refractivity contribution in [3.63, 3.8) is 0 Å². The number of hydrogen-bond acceptors (Lipinski definition) is 7. The number of carbonyl (C=O) groups excluding carboxylic acids is 1. The van der Waals surface area contributed by atoms with Crippen molar-refractivity contribution in [3.8, 4) is 11.1 Å². The number of hydrogen-bond donors (Lipinski definition) is 3. The van der Waals surface area contributed by atoms with Crippen molar-refractivity contribution in [2.75, 3.05) is 32.7 Å². The number of nitrogens with zero attached hydrogens (tertiary/aromatic N) is 2. The fourth-order valence-electron chi connectivity index (χ4n) is 6.53. The lowest BCUT2D eigenvalue weighted by Gasteiger charge is -2.41. The van der Waals surface area contributed by atoms with Gasteiger partial charge in [-0.2, -0.15) is 0 Å². The number of carbonyl (C=O) groups is 2. The van der Waals surface area contributed by atoms with Crippen LogP contribution in [0.2, 0.25) is 0 Å². The Balaban J connectivity index is 1.14. The molecule has 1 amide bonds. The second kappa shape index (κ2) is 16.8. The van der Waals surface area contributed by atoms with Crippen LogP contribution in [0.5, 0.6) is 0 Å². The maximum absolute atomic E-state index is 12.1. The molecule has 6 rings (SSSR count). The normalized spacial score (nSPS) is 20.1. The van der Waals surface area contributed by atoms with E-state index in [4.69, 9.17) is 14.6 Å². The van der Waals surface area contributed by atoms with E-state index in [1.807, 2.05) is 66.7 Å². The molecule has 4 aromatic rings. The van der Waals surface area contributed by atoms with Crippen molar-refractivity contribution in [3.05, 3.63) is 131 Å². The summed E-state index contributed by atoms with van der Waals surface area (Å²) < 4.78 is 13.4. The van der Waals surface area contributed by atoms with Gasteiger partial charge in [-0.15, -0.1) is 0 Å². The molecule has 9 heteroatoms. The van der Waals surface area contributed by atoms with E-state index in [1.54, 1.807) is 0 Å². The highest BCUT2D eigenvalue weighted by Crippen LogP contribution is 2.39. The van der Waals surface area contributed by atoms with Crippen molar-refractivity contribution in [2.24, 2.45) is 0 Å². The van der Waals surface area contributed by atoms with Gasteiger partial charge in [0.15, 0.2) is 6.29 Å². The zero-order valence-electron chi connectivity index (χ0n) is 27.7. The van der Waals surface area contributed by atoms with Crippen LogP contribution in [0.3, 0.4) is 0 Å². The molecule has 0 radical (unpaired) electrons. The quantitative estimate of drug-likeness (QED) is 0.167. The first-order chi connectivity index (χ1) is 23.9. The van der Waals surface area contributed by atoms with E-state index in [-0.39, 0.29) is 37.6 Å². The Bertz CT molecular complexity index is 1670. The zero-order valence-corrected chi connectivity index (χ0v) is 27.7. The molecule has 2 heterocycles. The molecule has 4 aromatic carbocycles. The number of aliphatic carboxylic acids is 1. The second-order valence-electron chi connectivity index (χ2n) is 12.9. The highest BCUT2D eigenvalue weighted by atomic mass is 16.7. The molecule has 0 bridgehead atoms. The molecule has 3 N–H and O–H groups in total. The van der Waals surface area contributed by atoms with Crippen LogP contribution >= 0.6 is 0 Å². The Morgan fingerprint density at radius 1 is 0.714 bits per heavy atom. The summed E-state index contributed by atoms with van der Waals surface area (Å²) in [6.07, 6.45) is -0.246. The monoisotopic (exact) mass is 663 g/mol. The van der Waals surface area contributed by atoms with Crippen LogP contribution in [0.4, 0.5) is 0 Å². The fraction of sp³-hybridized carbons (Fsp3) is 0.350. The van der Waals surface area contributed by atoms with Crippen LogP contribution in [-0.4, -0.2) is 70.7 Å². The van der Waals surface area contributed by atoms with Gasteiger partial charge in [0.05, 0.1) is 25.2 Å². The lowest BCUT2D eigenvalue weighted by Crippen LogP contribution is -2.49. The first-order valence-corrected chi connectivity index (χ1v) is 17.1. The number of rotatable bonds is 13. The molecule has 9 nitrogen and oxygen atoms in total. The summed E-state index contributed by atoms with van der Waals surface area (Å²) in [7, 11) is 0. The number of benzene rings is 4. The lowest BCUT2D eigenvalue weighted by atomic mass is 9.98. The van der Waals surface area contributed by atoms with Crippen LogP contribution in [0, 0.1) is 0 Å². The van der Waals surface area contributed by atoms with Crippen LogP contribution in [0.25, 0.3) is 11.1 Å². The van der Waals surface area contributed by atoms with Gasteiger partial charge in [-0.05, 0) is 45.5 Å². The first-order valence-electron chi connectivity index (χ1n) is 17.1. The number of ether oxygens (including phenoxy) is 2. The summed E-state index contributed by atoms with van der Waals surface area (Å²) in [6.45, 7) is 6.11. The molecule has 3 atom stereocenters. The first kappa shape index (κ1) is 34.5. The molecule has 256 valence electrons. The molecule has 0 saturated carbocycles. The summed E-state index contributed by atoms with van der Waals surface area (Å²) in [4.78, 5) is 27.9. The Morgan fingerprint density at radius 2 is 1.41 bits per heavy atom. The largest absolute Gasteiger partial charge is 0.481 e. The van der Waals surface area contributed by atoms with Gasteiger partial charge < -0.3 is 25.0 Å². The predicted octanol–water partition coefficient (Wildman–Crippen LogP) is 5.69. The van der Waals surface area contributed by atoms with Gasteiger partial charge in [-0.25, -0.2) is 0 Å². The topological polar surface area (TPSA) is 112 Å². The molecule has 2 aliphatic rings. The van der Waals surface area contributed by atoms with E-state index < -0.39 is 12.3 Å². The summed E-state index contributed by atoms with van der Waals surface area (Å²) in [5.41, 5.74) is 7.13. The van der Waals surface area contributed by atoms with Crippen LogP contribution in [0.15, 0.2) is 103 Å². The predicted molar refractivity (Wildman–Crippen MR) is 187 cm³/mol. The fourth-order valence-corrected chi connectivity index (χ4v) is 6.53. The zero-order chi connectivity index (χ0) is 34.0. The minimum absolute atomic E-state index is 0.00149. The maximum Gasteiger partial charge on any atom is 0.303 e. The maximum atomic E-state index is 12.1. The van der Waals surface area contributed by atoms with Gasteiger partial charge in [0, 0.05) is 64.2 Å². The van der Waals surface area contributed by atoms with E-state index in [9.17, 15) is 14.7 Å². The number of aliphatic hydroxyl groups excluding tert-OH is 1. The summed E-state index contributed by atoms with van der Waals surface area (Å²) in [6, 6.07) is 34.8. The smallest absolute Gasteiger partial charge is 0.303 e. The highest BCUT2D eigenvalue weighted by Gasteiger charge is 2.34. The number of carboxylic acids is 1. The third kappa shape index (κ3) is 9.84. The van der Waals surface area contributed by atoms with Gasteiger partial charge in [0.1, 0.15) is 0 Å². The SMILES string of the molecule is O=C(O)CCC(=O)NCc1cccc(-c2cccc([C@H]3O[C@@H](CN4CCN(Cc5ccccc5)CC4)C[C@@H](c4ccc(CO)cc4)O3)c2)c1. The number of carboxylic acid groups (broad SMARTS) is 1. The van der Waals surface area contributed by atoms with Crippen molar-refractivity contribution in [1.29, 1.82) is 0 Å². The average molecular weight is 664 g/mol. The van der Waals surface area contributed by atoms with Gasteiger partial charge >= 0.3 is 5.97 Å². The van der Waals surface area contributed by atoms with Crippen molar-refractivity contribution in [1.82, 2.24) is 15.1 Å². The molecule has 49 heavy (non-hydrogen) atoms. The number of aliphatic hydroxyl groups is 1. The van der Waals surface area contributed by atoms with Gasteiger partial charge in [-0.1, -0.05) is 91.0 Å². The third-order valence-corrected chi connectivity index (χ3v) is 9.27. The van der Waals surface area contributed by atoms with Crippen LogP contribution < -0.4 is 5.32 Å². The molecular formula is C40H45N3O6. The Hall–Kier alpha value is -4.38. The van der Waals surface area contributed by atoms with E-state index in [2.05, 4.69) is 51.5 Å². The summed E-state index contributed by atoms with van der Waals surface area (Å²) in [5.74, 6) is -1.27. The van der Waals surface area contributed by atoms with Gasteiger partial charge in [-0.3, -0.25) is 19.4 Å². The van der Waals surface area contributed by atoms with E-state index in [0.717, 1.165) is 79.1 Å². The Kier molecular flexibility index (Phi) is 11.8. The van der Waals surface area contributed by atoms with Crippen molar-refractivity contribution in [2.45, 2.75) is 57.5 Å². The van der Waals surface area contributed by atoms with E-state index in [1.165, 1.54) is 5.56 Å². The van der Waals surface area contributed by atoms with Crippen molar-refractivity contribution < 1.29 is 29.3 Å². The number of piperazine rings is 1. The Morgan fingerprint density at radius 3 is 2.14 bits per heavy atom. The molecule has 2 saturated heterocycles. The third-order valence-electron chi connectivity index (χ3n) is 9.27. The van der Waals surface area contributed by atoms with Crippen LogP contribution in [0.1, 0.15) is 59.5 Å². The molecule has 0 spiro atoms. The lowest BCUT2D eigenvalue weighted by molar-refractivity contribution is -0.253. The molecule has 0 aromatic heterocycles. The summed E-state index contributed by atoms with van der Waals surface area (Å²) in [5, 5.41) is 21.2. The average Bonchev–Trinajstić information content (AvgIpc) is 3.14. The van der Waals surface area contributed by atoms with E-state index >= 15 is 0 Å². The van der Waals surface area contributed by atoms with E-state index in [0.29, 0.717) is 6.54 Å². The van der Waals surface area contributed by atoms with Gasteiger partial charge in [0.25, 0.3) is 0 Å². The molecular weight excluding hydrogens is 618 g/mol. The standard InChI is InChI=1S/C40H45N3O6/c44-28-30-12-14-32(15-13-30)37-24-36(27-43-20-18-42(19-21-43)26-29-6-2-1-3-7-29)48-40(49-37)35-11-5-10-34(23-35)33-9-4-8-31(22-33)25-41-38(45)16-17-39(46)47/h1-15,22-23,36-37,40,44H,16-21,24-28H2,(H,41,45)(H,46,47)/t36-,37+,40+/m1/s1. The minimum atomic E-state index is -0.988. The second-order valence-corrected chi connectivity index (χ2v) is 12.9. The minimum Gasteiger partial charge on any atom is -0.481 e. The summed E-state index contributed by atoms with van der Waals surface area (Å²) >= 11 is 0. The molecule has 0 aliphatic carbocycles. The van der Waals surface area contributed by atoms with Crippen LogP contribution in [-0.2, 0) is 38.8 Å².